The Morgan fingerprint density at radius 2 is 2.11 bits per heavy atom. The molecule has 0 aromatic heterocycles. The quantitative estimate of drug-likeness (QED) is 0.863. The zero-order chi connectivity index (χ0) is 14.0. The second kappa shape index (κ2) is 5.65. The van der Waals surface area contributed by atoms with Crippen molar-refractivity contribution in [2.45, 2.75) is 38.8 Å². The molecule has 3 nitrogen and oxygen atoms in total. The summed E-state index contributed by atoms with van der Waals surface area (Å²) in [5.74, 6) is -1.92. The van der Waals surface area contributed by atoms with Crippen LogP contribution < -0.4 is 10.6 Å². The van der Waals surface area contributed by atoms with E-state index in [1.54, 1.807) is 0 Å². The minimum atomic E-state index is -0.817. The third kappa shape index (κ3) is 3.29. The van der Waals surface area contributed by atoms with Gasteiger partial charge >= 0.3 is 0 Å². The van der Waals surface area contributed by atoms with Gasteiger partial charge in [0.15, 0.2) is 0 Å². The first-order valence-electron chi connectivity index (χ1n) is 6.47. The number of carbonyl (C=O) groups is 1. The highest BCUT2D eigenvalue weighted by atomic mass is 19.1. The van der Waals surface area contributed by atoms with E-state index in [0.29, 0.717) is 6.04 Å². The highest BCUT2D eigenvalue weighted by Gasteiger charge is 2.22. The fourth-order valence-corrected chi connectivity index (χ4v) is 2.36. The van der Waals surface area contributed by atoms with E-state index >= 15 is 0 Å². The Labute approximate surface area is 111 Å². The molecule has 19 heavy (non-hydrogen) atoms. The van der Waals surface area contributed by atoms with Gasteiger partial charge in [-0.3, -0.25) is 4.79 Å². The van der Waals surface area contributed by atoms with E-state index < -0.39 is 17.5 Å². The number of aryl methyl sites for hydroxylation is 1. The van der Waals surface area contributed by atoms with Crippen LogP contribution in [0.2, 0.25) is 0 Å². The van der Waals surface area contributed by atoms with Crippen LogP contribution in [-0.4, -0.2) is 24.5 Å². The van der Waals surface area contributed by atoms with E-state index in [2.05, 4.69) is 10.6 Å². The number of piperidine rings is 1. The number of nitrogens with one attached hydrogen (secondary N) is 2. The van der Waals surface area contributed by atoms with Crippen molar-refractivity contribution >= 4 is 5.91 Å². The first-order chi connectivity index (χ1) is 8.97. The predicted octanol–water partition coefficient (Wildman–Crippen LogP) is 2.14. The van der Waals surface area contributed by atoms with Gasteiger partial charge in [-0.2, -0.15) is 0 Å². The van der Waals surface area contributed by atoms with Crippen molar-refractivity contribution in [1.29, 1.82) is 0 Å². The molecule has 0 aliphatic carbocycles. The van der Waals surface area contributed by atoms with Crippen molar-refractivity contribution in [2.75, 3.05) is 6.54 Å². The molecule has 2 unspecified atom stereocenters. The lowest BCUT2D eigenvalue weighted by atomic mass is 10.00. The van der Waals surface area contributed by atoms with E-state index in [4.69, 9.17) is 0 Å². The van der Waals surface area contributed by atoms with Gasteiger partial charge in [-0.1, -0.05) is 0 Å². The molecular formula is C14H18F2N2O. The molecule has 0 saturated carbocycles. The Kier molecular flexibility index (Phi) is 4.14. The van der Waals surface area contributed by atoms with Gasteiger partial charge in [0.25, 0.3) is 5.91 Å². The van der Waals surface area contributed by atoms with Crippen LogP contribution in [0.15, 0.2) is 12.1 Å². The maximum atomic E-state index is 13.6. The summed E-state index contributed by atoms with van der Waals surface area (Å²) in [5, 5.41) is 6.09. The van der Waals surface area contributed by atoms with Gasteiger partial charge in [-0.25, -0.2) is 8.78 Å². The molecule has 1 aromatic rings. The van der Waals surface area contributed by atoms with E-state index in [1.165, 1.54) is 13.0 Å². The van der Waals surface area contributed by atoms with Gasteiger partial charge in [0.1, 0.15) is 11.6 Å². The minimum Gasteiger partial charge on any atom is -0.349 e. The molecule has 1 aromatic carbocycles. The molecule has 2 atom stereocenters. The van der Waals surface area contributed by atoms with Crippen LogP contribution in [0.25, 0.3) is 0 Å². The molecule has 0 radical (unpaired) electrons. The van der Waals surface area contributed by atoms with Crippen LogP contribution in [0, 0.1) is 18.6 Å². The van der Waals surface area contributed by atoms with E-state index in [-0.39, 0.29) is 17.2 Å². The lowest BCUT2D eigenvalue weighted by Crippen LogP contribution is -2.46. The molecular weight excluding hydrogens is 250 g/mol. The third-order valence-corrected chi connectivity index (χ3v) is 3.45. The number of benzene rings is 1. The number of rotatable bonds is 2. The molecule has 1 aliphatic heterocycles. The Balaban J connectivity index is 2.09. The van der Waals surface area contributed by atoms with Crippen molar-refractivity contribution in [1.82, 2.24) is 10.6 Å². The topological polar surface area (TPSA) is 41.1 Å². The maximum absolute atomic E-state index is 13.6. The van der Waals surface area contributed by atoms with Crippen LogP contribution in [0.3, 0.4) is 0 Å². The molecule has 2 N–H and O–H groups in total. The highest BCUT2D eigenvalue weighted by Crippen LogP contribution is 2.15. The van der Waals surface area contributed by atoms with Crippen molar-refractivity contribution in [3.63, 3.8) is 0 Å². The lowest BCUT2D eigenvalue weighted by Gasteiger charge is -2.28. The Hall–Kier alpha value is -1.49. The zero-order valence-corrected chi connectivity index (χ0v) is 11.1. The number of hydrogen-bond donors (Lipinski definition) is 2. The highest BCUT2D eigenvalue weighted by molar-refractivity contribution is 5.94. The summed E-state index contributed by atoms with van der Waals surface area (Å²) in [7, 11) is 0. The monoisotopic (exact) mass is 268 g/mol. The summed E-state index contributed by atoms with van der Waals surface area (Å²) in [6.07, 6.45) is 1.63. The predicted molar refractivity (Wildman–Crippen MR) is 69.0 cm³/mol. The van der Waals surface area contributed by atoms with Crippen molar-refractivity contribution in [2.24, 2.45) is 0 Å². The first kappa shape index (κ1) is 13.9. The van der Waals surface area contributed by atoms with Gasteiger partial charge in [0, 0.05) is 18.2 Å². The zero-order valence-electron chi connectivity index (χ0n) is 11.1. The van der Waals surface area contributed by atoms with Crippen molar-refractivity contribution in [3.05, 3.63) is 34.9 Å². The summed E-state index contributed by atoms with van der Waals surface area (Å²) in [4.78, 5) is 12.0. The fourth-order valence-electron chi connectivity index (χ4n) is 2.36. The number of hydrogen-bond acceptors (Lipinski definition) is 2. The molecule has 5 heteroatoms. The second-order valence-corrected chi connectivity index (χ2v) is 5.13. The number of halogens is 2. The average Bonchev–Trinajstić information content (AvgIpc) is 2.33. The van der Waals surface area contributed by atoms with Crippen LogP contribution in [-0.2, 0) is 0 Å². The molecule has 1 amide bonds. The first-order valence-corrected chi connectivity index (χ1v) is 6.47. The van der Waals surface area contributed by atoms with Crippen LogP contribution >= 0.6 is 0 Å². The van der Waals surface area contributed by atoms with Crippen LogP contribution in [0.4, 0.5) is 8.78 Å². The van der Waals surface area contributed by atoms with Gasteiger partial charge in [-0.15, -0.1) is 0 Å². The van der Waals surface area contributed by atoms with Gasteiger partial charge in [-0.05, 0) is 44.9 Å². The summed E-state index contributed by atoms with van der Waals surface area (Å²) in [6.45, 7) is 4.39. The molecule has 1 fully saturated rings. The minimum absolute atomic E-state index is 0.0357. The average molecular weight is 268 g/mol. The second-order valence-electron chi connectivity index (χ2n) is 5.13. The summed E-state index contributed by atoms with van der Waals surface area (Å²) in [6, 6.07) is 2.38. The maximum Gasteiger partial charge on any atom is 0.254 e. The smallest absolute Gasteiger partial charge is 0.254 e. The van der Waals surface area contributed by atoms with E-state index in [9.17, 15) is 13.6 Å². The number of amides is 1. The molecule has 1 heterocycles. The molecule has 104 valence electrons. The van der Waals surface area contributed by atoms with Crippen LogP contribution in [0.1, 0.15) is 35.7 Å². The van der Waals surface area contributed by atoms with E-state index in [1.807, 2.05) is 6.92 Å². The summed E-state index contributed by atoms with van der Waals surface area (Å²) >= 11 is 0. The molecule has 0 bridgehead atoms. The standard InChI is InChI=1S/C14H18F2N2O/c1-8-5-11(13(16)7-12(8)15)14(19)18-10-3-4-17-9(2)6-10/h5,7,9-10,17H,3-4,6H2,1-2H3,(H,18,19). The SMILES string of the molecule is Cc1cc(C(=O)NC2CCNC(C)C2)c(F)cc1F. The van der Waals surface area contributed by atoms with Gasteiger partial charge in [0.05, 0.1) is 5.56 Å². The molecule has 0 spiro atoms. The Morgan fingerprint density at radius 3 is 2.79 bits per heavy atom. The third-order valence-electron chi connectivity index (χ3n) is 3.45. The van der Waals surface area contributed by atoms with Crippen molar-refractivity contribution in [3.8, 4) is 0 Å². The number of carbonyl (C=O) groups excluding carboxylic acids is 1. The van der Waals surface area contributed by atoms with Gasteiger partial charge in [0.2, 0.25) is 0 Å². The van der Waals surface area contributed by atoms with Crippen molar-refractivity contribution < 1.29 is 13.6 Å². The largest absolute Gasteiger partial charge is 0.349 e. The van der Waals surface area contributed by atoms with Crippen LogP contribution in [0.5, 0.6) is 0 Å². The Bertz CT molecular complexity index is 491. The molecule has 1 aliphatic rings. The lowest BCUT2D eigenvalue weighted by molar-refractivity contribution is 0.0921. The Morgan fingerprint density at radius 1 is 1.37 bits per heavy atom. The summed E-state index contributed by atoms with van der Waals surface area (Å²) in [5.41, 5.74) is 0.176. The summed E-state index contributed by atoms with van der Waals surface area (Å²) < 4.78 is 26.8. The van der Waals surface area contributed by atoms with Gasteiger partial charge < -0.3 is 10.6 Å². The molecule has 1 saturated heterocycles. The van der Waals surface area contributed by atoms with E-state index in [0.717, 1.165) is 25.5 Å². The normalized spacial score (nSPS) is 23.2. The molecule has 2 rings (SSSR count). The fraction of sp³-hybridized carbons (Fsp3) is 0.500.